The lowest BCUT2D eigenvalue weighted by Gasteiger charge is -2.13. The molecule has 0 aromatic rings. The van der Waals surface area contributed by atoms with Crippen molar-refractivity contribution in [2.45, 2.75) is 6.42 Å². The lowest BCUT2D eigenvalue weighted by molar-refractivity contribution is 0.344. The van der Waals surface area contributed by atoms with Gasteiger partial charge in [0.2, 0.25) is 0 Å². The predicted octanol–water partition coefficient (Wildman–Crippen LogP) is 0.161. The average Bonchev–Trinajstić information content (AvgIpc) is 1.97. The molecule has 0 fully saturated rings. The molecule has 0 atom stereocenters. The van der Waals surface area contributed by atoms with Gasteiger partial charge in [0.25, 0.3) is 0 Å². The van der Waals surface area contributed by atoms with E-state index in [9.17, 15) is 0 Å². The van der Waals surface area contributed by atoms with E-state index >= 15 is 0 Å². The minimum atomic E-state index is 0.847. The zero-order chi connectivity index (χ0) is 7.82. The highest BCUT2D eigenvalue weighted by Crippen LogP contribution is 1.83. The van der Waals surface area contributed by atoms with Crippen LogP contribution in [0.5, 0.6) is 0 Å². The van der Waals surface area contributed by atoms with Crippen LogP contribution in [0.4, 0.5) is 0 Å². The molecule has 0 aromatic carbocycles. The van der Waals surface area contributed by atoms with Crippen molar-refractivity contribution < 1.29 is 0 Å². The molecule has 0 aliphatic heterocycles. The Morgan fingerprint density at radius 3 is 2.70 bits per heavy atom. The van der Waals surface area contributed by atoms with Gasteiger partial charge in [-0.3, -0.25) is 0 Å². The van der Waals surface area contributed by atoms with Crippen LogP contribution in [0.25, 0.3) is 0 Å². The quantitative estimate of drug-likeness (QED) is 0.547. The molecule has 0 aromatic heterocycles. The number of hydrogen-bond acceptors (Lipinski definition) is 2. The van der Waals surface area contributed by atoms with Crippen molar-refractivity contribution >= 4 is 0 Å². The normalized spacial score (nSPS) is 9.80. The van der Waals surface area contributed by atoms with Crippen LogP contribution in [-0.2, 0) is 0 Å². The summed E-state index contributed by atoms with van der Waals surface area (Å²) in [6, 6.07) is 0. The van der Waals surface area contributed by atoms with Crippen molar-refractivity contribution in [3.63, 3.8) is 0 Å². The Kier molecular flexibility index (Phi) is 6.25. The van der Waals surface area contributed by atoms with Crippen LogP contribution in [-0.4, -0.2) is 38.6 Å². The minimum absolute atomic E-state index is 0.847. The van der Waals surface area contributed by atoms with Gasteiger partial charge in [0.15, 0.2) is 0 Å². The topological polar surface area (TPSA) is 15.3 Å². The Morgan fingerprint density at radius 2 is 2.20 bits per heavy atom. The Labute approximate surface area is 63.6 Å². The SMILES string of the molecule is C#CCCN(C)CCNC. The van der Waals surface area contributed by atoms with Gasteiger partial charge in [-0.25, -0.2) is 0 Å². The average molecular weight is 140 g/mol. The first-order chi connectivity index (χ1) is 4.81. The lowest BCUT2D eigenvalue weighted by atomic mass is 10.4. The summed E-state index contributed by atoms with van der Waals surface area (Å²) in [5.74, 6) is 2.61. The molecule has 0 saturated heterocycles. The maximum atomic E-state index is 5.11. The second-order valence-electron chi connectivity index (χ2n) is 2.36. The first-order valence-corrected chi connectivity index (χ1v) is 3.58. The summed E-state index contributed by atoms with van der Waals surface area (Å²) in [5, 5.41) is 3.08. The Morgan fingerprint density at radius 1 is 1.50 bits per heavy atom. The Balaban J connectivity index is 3.10. The van der Waals surface area contributed by atoms with Gasteiger partial charge in [-0.15, -0.1) is 12.3 Å². The van der Waals surface area contributed by atoms with Gasteiger partial charge in [0.05, 0.1) is 0 Å². The molecule has 0 amide bonds. The van der Waals surface area contributed by atoms with Crippen molar-refractivity contribution in [2.24, 2.45) is 0 Å². The number of hydrogen-bond donors (Lipinski definition) is 1. The van der Waals surface area contributed by atoms with E-state index < -0.39 is 0 Å². The van der Waals surface area contributed by atoms with Crippen molar-refractivity contribution in [1.82, 2.24) is 10.2 Å². The Bertz CT molecular complexity index is 104. The van der Waals surface area contributed by atoms with E-state index in [1.165, 1.54) is 0 Å². The first-order valence-electron chi connectivity index (χ1n) is 3.58. The highest BCUT2D eigenvalue weighted by Gasteiger charge is 1.93. The number of rotatable bonds is 5. The molecular formula is C8H16N2. The minimum Gasteiger partial charge on any atom is -0.318 e. The molecule has 0 rings (SSSR count). The standard InChI is InChI=1S/C8H16N2/c1-4-5-7-10(3)8-6-9-2/h1,9H,5-8H2,2-3H3. The van der Waals surface area contributed by atoms with Crippen molar-refractivity contribution in [3.05, 3.63) is 0 Å². The first kappa shape index (κ1) is 9.48. The van der Waals surface area contributed by atoms with Gasteiger partial charge in [0, 0.05) is 26.1 Å². The second kappa shape index (κ2) is 6.60. The fraction of sp³-hybridized carbons (Fsp3) is 0.750. The van der Waals surface area contributed by atoms with E-state index in [2.05, 4.69) is 23.2 Å². The number of terminal acetylenes is 1. The summed E-state index contributed by atoms with van der Waals surface area (Å²) < 4.78 is 0. The molecule has 0 radical (unpaired) electrons. The predicted molar refractivity (Wildman–Crippen MR) is 44.9 cm³/mol. The maximum Gasteiger partial charge on any atom is 0.0214 e. The fourth-order valence-corrected chi connectivity index (χ4v) is 0.670. The summed E-state index contributed by atoms with van der Waals surface area (Å²) in [4.78, 5) is 2.22. The van der Waals surface area contributed by atoms with E-state index in [1.54, 1.807) is 0 Å². The van der Waals surface area contributed by atoms with Gasteiger partial charge >= 0.3 is 0 Å². The molecule has 0 bridgehead atoms. The molecule has 10 heavy (non-hydrogen) atoms. The zero-order valence-electron chi connectivity index (χ0n) is 6.85. The molecule has 0 aliphatic carbocycles. The summed E-state index contributed by atoms with van der Waals surface area (Å²) in [6.45, 7) is 3.09. The highest BCUT2D eigenvalue weighted by molar-refractivity contribution is 4.84. The van der Waals surface area contributed by atoms with E-state index in [-0.39, 0.29) is 0 Å². The monoisotopic (exact) mass is 140 g/mol. The van der Waals surface area contributed by atoms with Crippen LogP contribution in [0.1, 0.15) is 6.42 Å². The van der Waals surface area contributed by atoms with Crippen LogP contribution in [0.15, 0.2) is 0 Å². The highest BCUT2D eigenvalue weighted by atomic mass is 15.1. The summed E-state index contributed by atoms with van der Waals surface area (Å²) in [6.07, 6.45) is 5.96. The van der Waals surface area contributed by atoms with Gasteiger partial charge < -0.3 is 10.2 Å². The van der Waals surface area contributed by atoms with Crippen molar-refractivity contribution in [3.8, 4) is 12.3 Å². The van der Waals surface area contributed by atoms with Crippen molar-refractivity contribution in [1.29, 1.82) is 0 Å². The third kappa shape index (κ3) is 5.61. The molecule has 0 aliphatic rings. The molecular weight excluding hydrogens is 124 g/mol. The molecule has 1 N–H and O–H groups in total. The molecule has 0 unspecified atom stereocenters. The summed E-state index contributed by atoms with van der Waals surface area (Å²) in [7, 11) is 4.03. The van der Waals surface area contributed by atoms with Crippen LogP contribution < -0.4 is 5.32 Å². The van der Waals surface area contributed by atoms with E-state index in [0.717, 1.165) is 26.1 Å². The lowest BCUT2D eigenvalue weighted by Crippen LogP contribution is -2.27. The summed E-state index contributed by atoms with van der Waals surface area (Å²) >= 11 is 0. The molecule has 0 saturated carbocycles. The van der Waals surface area contributed by atoms with E-state index in [4.69, 9.17) is 6.42 Å². The second-order valence-corrected chi connectivity index (χ2v) is 2.36. The van der Waals surface area contributed by atoms with Crippen LogP contribution in [0, 0.1) is 12.3 Å². The van der Waals surface area contributed by atoms with E-state index in [0.29, 0.717) is 0 Å². The summed E-state index contributed by atoms with van der Waals surface area (Å²) in [5.41, 5.74) is 0. The largest absolute Gasteiger partial charge is 0.318 e. The van der Waals surface area contributed by atoms with Crippen LogP contribution in [0.2, 0.25) is 0 Å². The zero-order valence-corrected chi connectivity index (χ0v) is 6.85. The fourth-order valence-electron chi connectivity index (χ4n) is 0.670. The molecule has 0 spiro atoms. The van der Waals surface area contributed by atoms with Gasteiger partial charge in [-0.1, -0.05) is 0 Å². The smallest absolute Gasteiger partial charge is 0.0214 e. The number of likely N-dealkylation sites (N-methyl/N-ethyl adjacent to an activating group) is 2. The Hall–Kier alpha value is -0.520. The third-order valence-corrected chi connectivity index (χ3v) is 1.38. The van der Waals surface area contributed by atoms with E-state index in [1.807, 2.05) is 7.05 Å². The molecule has 2 heteroatoms. The number of nitrogens with zero attached hydrogens (tertiary/aromatic N) is 1. The van der Waals surface area contributed by atoms with Gasteiger partial charge in [0.1, 0.15) is 0 Å². The maximum absolute atomic E-state index is 5.11. The van der Waals surface area contributed by atoms with Gasteiger partial charge in [-0.05, 0) is 14.1 Å². The molecule has 58 valence electrons. The molecule has 2 nitrogen and oxygen atoms in total. The number of nitrogens with one attached hydrogen (secondary N) is 1. The molecule has 0 heterocycles. The van der Waals surface area contributed by atoms with Gasteiger partial charge in [-0.2, -0.15) is 0 Å². The third-order valence-electron chi connectivity index (χ3n) is 1.38. The van der Waals surface area contributed by atoms with Crippen molar-refractivity contribution in [2.75, 3.05) is 33.7 Å². The van der Waals surface area contributed by atoms with Crippen LogP contribution in [0.3, 0.4) is 0 Å². The van der Waals surface area contributed by atoms with Crippen LogP contribution >= 0.6 is 0 Å².